The van der Waals surface area contributed by atoms with Gasteiger partial charge >= 0.3 is 0 Å². The summed E-state index contributed by atoms with van der Waals surface area (Å²) in [5.41, 5.74) is 0.828. The van der Waals surface area contributed by atoms with Crippen LogP contribution in [0.15, 0.2) is 18.2 Å². The van der Waals surface area contributed by atoms with Crippen LogP contribution >= 0.6 is 0 Å². The number of Topliss-reactive ketones (excluding diaryl/α,β-unsaturated/α-hetero) is 1. The molecule has 1 fully saturated rings. The molecule has 1 aromatic carbocycles. The van der Waals surface area contributed by atoms with E-state index in [1.54, 1.807) is 6.07 Å². The Kier molecular flexibility index (Phi) is 6.73. The summed E-state index contributed by atoms with van der Waals surface area (Å²) in [4.78, 5) is 11.6. The first-order valence-electron chi connectivity index (χ1n) is 9.00. The third kappa shape index (κ3) is 4.86. The molecule has 1 unspecified atom stereocenters. The number of rotatable bonds is 7. The number of carbonyl (C=O) groups excluding carboxylic acids is 1. The molecule has 0 saturated heterocycles. The fourth-order valence-corrected chi connectivity index (χ4v) is 3.67. The SMILES string of the molecule is CCCCCC1CCC(c2ccc(C(=O)C(C)F)c(F)c2)CC1. The molecule has 0 bridgehead atoms. The van der Waals surface area contributed by atoms with Gasteiger partial charge < -0.3 is 0 Å². The lowest BCUT2D eigenvalue weighted by Crippen LogP contribution is -2.16. The van der Waals surface area contributed by atoms with Gasteiger partial charge in [0.2, 0.25) is 0 Å². The van der Waals surface area contributed by atoms with Crippen LogP contribution in [0.4, 0.5) is 8.78 Å². The molecule has 0 spiro atoms. The van der Waals surface area contributed by atoms with Crippen LogP contribution in [0.3, 0.4) is 0 Å². The van der Waals surface area contributed by atoms with Gasteiger partial charge in [-0.1, -0.05) is 38.7 Å². The molecule has 128 valence electrons. The lowest BCUT2D eigenvalue weighted by Gasteiger charge is -2.29. The largest absolute Gasteiger partial charge is 0.291 e. The van der Waals surface area contributed by atoms with E-state index in [1.165, 1.54) is 50.7 Å². The Labute approximate surface area is 138 Å². The van der Waals surface area contributed by atoms with E-state index in [-0.39, 0.29) is 5.56 Å². The highest BCUT2D eigenvalue weighted by molar-refractivity contribution is 5.99. The van der Waals surface area contributed by atoms with E-state index in [0.29, 0.717) is 5.92 Å². The normalized spacial score (nSPS) is 22.8. The number of unbranched alkanes of at least 4 members (excludes halogenated alkanes) is 2. The Morgan fingerprint density at radius 2 is 1.91 bits per heavy atom. The summed E-state index contributed by atoms with van der Waals surface area (Å²) >= 11 is 0. The molecule has 0 radical (unpaired) electrons. The van der Waals surface area contributed by atoms with Crippen LogP contribution < -0.4 is 0 Å². The standard InChI is InChI=1S/C20H28F2O/c1-3-4-5-6-15-7-9-16(10-8-15)17-11-12-18(19(22)13-17)20(23)14(2)21/h11-16H,3-10H2,1-2H3. The minimum absolute atomic E-state index is 0.128. The van der Waals surface area contributed by atoms with Crippen LogP contribution in [0, 0.1) is 11.7 Å². The predicted octanol–water partition coefficient (Wildman–Crippen LogP) is 6.22. The third-order valence-corrected chi connectivity index (χ3v) is 5.15. The van der Waals surface area contributed by atoms with Crippen molar-refractivity contribution in [1.82, 2.24) is 0 Å². The van der Waals surface area contributed by atoms with E-state index in [0.717, 1.165) is 31.2 Å². The maximum absolute atomic E-state index is 14.1. The van der Waals surface area contributed by atoms with Gasteiger partial charge in [-0.2, -0.15) is 0 Å². The number of carbonyl (C=O) groups is 1. The number of ketones is 1. The Balaban J connectivity index is 1.94. The summed E-state index contributed by atoms with van der Waals surface area (Å²) in [6, 6.07) is 4.70. The molecule has 0 heterocycles. The van der Waals surface area contributed by atoms with Gasteiger partial charge in [0.05, 0.1) is 5.56 Å². The minimum Gasteiger partial charge on any atom is -0.291 e. The van der Waals surface area contributed by atoms with E-state index in [1.807, 2.05) is 0 Å². The van der Waals surface area contributed by atoms with Crippen LogP contribution in [0.25, 0.3) is 0 Å². The van der Waals surface area contributed by atoms with E-state index >= 15 is 0 Å². The van der Waals surface area contributed by atoms with Gasteiger partial charge in [-0.15, -0.1) is 0 Å². The van der Waals surface area contributed by atoms with Crippen molar-refractivity contribution in [3.63, 3.8) is 0 Å². The van der Waals surface area contributed by atoms with Crippen LogP contribution in [-0.4, -0.2) is 12.0 Å². The average molecular weight is 322 g/mol. The highest BCUT2D eigenvalue weighted by Gasteiger charge is 2.24. The van der Waals surface area contributed by atoms with E-state index in [2.05, 4.69) is 6.92 Å². The van der Waals surface area contributed by atoms with Crippen LogP contribution in [-0.2, 0) is 0 Å². The van der Waals surface area contributed by atoms with E-state index in [9.17, 15) is 13.6 Å². The highest BCUT2D eigenvalue weighted by atomic mass is 19.1. The molecule has 1 aromatic rings. The van der Waals surface area contributed by atoms with Crippen molar-refractivity contribution in [2.75, 3.05) is 0 Å². The Morgan fingerprint density at radius 3 is 2.48 bits per heavy atom. The zero-order valence-corrected chi connectivity index (χ0v) is 14.3. The van der Waals surface area contributed by atoms with E-state index < -0.39 is 17.8 Å². The van der Waals surface area contributed by atoms with Crippen molar-refractivity contribution < 1.29 is 13.6 Å². The zero-order valence-electron chi connectivity index (χ0n) is 14.3. The van der Waals surface area contributed by atoms with Gasteiger partial charge in [0.15, 0.2) is 12.0 Å². The second-order valence-electron chi connectivity index (χ2n) is 6.93. The highest BCUT2D eigenvalue weighted by Crippen LogP contribution is 2.38. The second kappa shape index (κ2) is 8.56. The van der Waals surface area contributed by atoms with Gasteiger partial charge in [0.1, 0.15) is 5.82 Å². The smallest absolute Gasteiger partial charge is 0.199 e. The first-order chi connectivity index (χ1) is 11.0. The van der Waals surface area contributed by atoms with Crippen molar-refractivity contribution in [3.05, 3.63) is 35.1 Å². The molecular formula is C20H28F2O. The van der Waals surface area contributed by atoms with E-state index in [4.69, 9.17) is 0 Å². The summed E-state index contributed by atoms with van der Waals surface area (Å²) in [6.45, 7) is 3.37. The number of benzene rings is 1. The maximum Gasteiger partial charge on any atom is 0.199 e. The lowest BCUT2D eigenvalue weighted by molar-refractivity contribution is 0.0888. The maximum atomic E-state index is 14.1. The monoisotopic (exact) mass is 322 g/mol. The molecule has 0 aliphatic heterocycles. The summed E-state index contributed by atoms with van der Waals surface area (Å²) in [5, 5.41) is 0. The molecular weight excluding hydrogens is 294 g/mol. The van der Waals surface area contributed by atoms with Crippen molar-refractivity contribution in [2.45, 2.75) is 77.3 Å². The second-order valence-corrected chi connectivity index (χ2v) is 6.93. The molecule has 0 amide bonds. The van der Waals surface area contributed by atoms with Crippen LogP contribution in [0.5, 0.6) is 0 Å². The van der Waals surface area contributed by atoms with Gasteiger partial charge in [-0.3, -0.25) is 4.79 Å². The topological polar surface area (TPSA) is 17.1 Å². The fraction of sp³-hybridized carbons (Fsp3) is 0.650. The van der Waals surface area contributed by atoms with Gasteiger partial charge in [0.25, 0.3) is 0 Å². The molecule has 2 rings (SSSR count). The predicted molar refractivity (Wildman–Crippen MR) is 90.1 cm³/mol. The average Bonchev–Trinajstić information content (AvgIpc) is 2.55. The summed E-state index contributed by atoms with van der Waals surface area (Å²) in [6.07, 6.45) is 8.14. The molecule has 1 aliphatic rings. The van der Waals surface area contributed by atoms with Crippen LogP contribution in [0.2, 0.25) is 0 Å². The Bertz CT molecular complexity index is 516. The van der Waals surface area contributed by atoms with Gasteiger partial charge in [-0.25, -0.2) is 8.78 Å². The number of hydrogen-bond acceptors (Lipinski definition) is 1. The Hall–Kier alpha value is -1.25. The molecule has 1 nitrogen and oxygen atoms in total. The molecule has 23 heavy (non-hydrogen) atoms. The first kappa shape index (κ1) is 18.1. The lowest BCUT2D eigenvalue weighted by atomic mass is 9.77. The number of alkyl halides is 1. The van der Waals surface area contributed by atoms with Crippen molar-refractivity contribution in [2.24, 2.45) is 5.92 Å². The minimum atomic E-state index is -1.66. The van der Waals surface area contributed by atoms with Gasteiger partial charge in [-0.05, 0) is 62.1 Å². The summed E-state index contributed by atoms with van der Waals surface area (Å²) in [7, 11) is 0. The molecule has 1 atom stereocenters. The number of hydrogen-bond donors (Lipinski definition) is 0. The molecule has 0 N–H and O–H groups in total. The van der Waals surface area contributed by atoms with Crippen molar-refractivity contribution in [1.29, 1.82) is 0 Å². The molecule has 1 saturated carbocycles. The van der Waals surface area contributed by atoms with Crippen molar-refractivity contribution >= 4 is 5.78 Å². The fourth-order valence-electron chi connectivity index (χ4n) is 3.67. The summed E-state index contributed by atoms with van der Waals surface area (Å²) in [5.74, 6) is -0.162. The summed E-state index contributed by atoms with van der Waals surface area (Å²) < 4.78 is 27.2. The number of halogens is 2. The first-order valence-corrected chi connectivity index (χ1v) is 9.00. The third-order valence-electron chi connectivity index (χ3n) is 5.15. The molecule has 0 aromatic heterocycles. The van der Waals surface area contributed by atoms with Crippen molar-refractivity contribution in [3.8, 4) is 0 Å². The van der Waals surface area contributed by atoms with Gasteiger partial charge in [0, 0.05) is 0 Å². The molecule has 1 aliphatic carbocycles. The zero-order chi connectivity index (χ0) is 16.8. The van der Waals surface area contributed by atoms with Crippen LogP contribution in [0.1, 0.15) is 87.1 Å². The quantitative estimate of drug-likeness (QED) is 0.430. The molecule has 3 heteroatoms. The Morgan fingerprint density at radius 1 is 1.22 bits per heavy atom.